The van der Waals surface area contributed by atoms with E-state index in [9.17, 15) is 5.11 Å². The highest BCUT2D eigenvalue weighted by Gasteiger charge is 2.20. The Kier molecular flexibility index (Phi) is 6.32. The van der Waals surface area contributed by atoms with E-state index in [1.807, 2.05) is 0 Å². The molecule has 0 bridgehead atoms. The third-order valence-electron chi connectivity index (χ3n) is 3.38. The molecule has 0 saturated heterocycles. The summed E-state index contributed by atoms with van der Waals surface area (Å²) in [6.07, 6.45) is 5.10. The highest BCUT2D eigenvalue weighted by molar-refractivity contribution is 4.77. The SMILES string of the molecule is CC(C)CNCC(O)CN(C)C1CCCC1. The van der Waals surface area contributed by atoms with Crippen molar-refractivity contribution >= 4 is 0 Å². The fourth-order valence-electron chi connectivity index (χ4n) is 2.43. The maximum atomic E-state index is 9.89. The van der Waals surface area contributed by atoms with E-state index in [1.54, 1.807) is 0 Å². The van der Waals surface area contributed by atoms with Crippen LogP contribution < -0.4 is 5.32 Å². The lowest BCUT2D eigenvalue weighted by molar-refractivity contribution is 0.103. The maximum Gasteiger partial charge on any atom is 0.0791 e. The number of hydrogen-bond acceptors (Lipinski definition) is 3. The zero-order valence-corrected chi connectivity index (χ0v) is 11.1. The molecule has 1 rings (SSSR count). The van der Waals surface area contributed by atoms with E-state index in [1.165, 1.54) is 25.7 Å². The largest absolute Gasteiger partial charge is 0.390 e. The Morgan fingerprint density at radius 2 is 1.88 bits per heavy atom. The number of aliphatic hydroxyl groups excluding tert-OH is 1. The van der Waals surface area contributed by atoms with Crippen molar-refractivity contribution in [3.05, 3.63) is 0 Å². The summed E-state index contributed by atoms with van der Waals surface area (Å²) in [5, 5.41) is 13.2. The first-order valence-corrected chi connectivity index (χ1v) is 6.68. The predicted molar refractivity (Wildman–Crippen MR) is 68.6 cm³/mol. The van der Waals surface area contributed by atoms with Gasteiger partial charge in [0.2, 0.25) is 0 Å². The molecule has 1 fully saturated rings. The molecule has 96 valence electrons. The molecule has 0 heterocycles. The van der Waals surface area contributed by atoms with Gasteiger partial charge in [-0.15, -0.1) is 0 Å². The number of likely N-dealkylation sites (N-methyl/N-ethyl adjacent to an activating group) is 1. The molecule has 1 unspecified atom stereocenters. The quantitative estimate of drug-likeness (QED) is 0.692. The smallest absolute Gasteiger partial charge is 0.0791 e. The number of nitrogens with one attached hydrogen (secondary N) is 1. The van der Waals surface area contributed by atoms with Gasteiger partial charge in [-0.1, -0.05) is 26.7 Å². The Bertz CT molecular complexity index is 179. The van der Waals surface area contributed by atoms with E-state index < -0.39 is 0 Å². The van der Waals surface area contributed by atoms with Gasteiger partial charge in [0.15, 0.2) is 0 Å². The fraction of sp³-hybridized carbons (Fsp3) is 1.00. The predicted octanol–water partition coefficient (Wildman–Crippen LogP) is 1.47. The maximum absolute atomic E-state index is 9.89. The molecule has 1 saturated carbocycles. The molecule has 3 heteroatoms. The second kappa shape index (κ2) is 7.25. The zero-order chi connectivity index (χ0) is 12.0. The Balaban J connectivity index is 2.10. The van der Waals surface area contributed by atoms with Crippen molar-refractivity contribution in [2.24, 2.45) is 5.92 Å². The lowest BCUT2D eigenvalue weighted by Crippen LogP contribution is -2.41. The molecule has 0 amide bonds. The highest BCUT2D eigenvalue weighted by Crippen LogP contribution is 2.22. The second-order valence-corrected chi connectivity index (χ2v) is 5.58. The molecule has 1 atom stereocenters. The number of nitrogens with zero attached hydrogens (tertiary/aromatic N) is 1. The number of aliphatic hydroxyl groups is 1. The van der Waals surface area contributed by atoms with Crippen molar-refractivity contribution in [2.45, 2.75) is 51.7 Å². The highest BCUT2D eigenvalue weighted by atomic mass is 16.3. The lowest BCUT2D eigenvalue weighted by Gasteiger charge is -2.26. The van der Waals surface area contributed by atoms with E-state index in [0.29, 0.717) is 12.0 Å². The lowest BCUT2D eigenvalue weighted by atomic mass is 10.2. The van der Waals surface area contributed by atoms with Crippen LogP contribution in [-0.4, -0.2) is 48.8 Å². The van der Waals surface area contributed by atoms with Crippen LogP contribution in [0.4, 0.5) is 0 Å². The molecule has 0 aromatic rings. The van der Waals surface area contributed by atoms with Crippen LogP contribution in [-0.2, 0) is 0 Å². The standard InChI is InChI=1S/C13H28N2O/c1-11(2)8-14-9-13(16)10-15(3)12-6-4-5-7-12/h11-14,16H,4-10H2,1-3H3. The first-order chi connectivity index (χ1) is 7.59. The van der Waals surface area contributed by atoms with Gasteiger partial charge in [-0.2, -0.15) is 0 Å². The normalized spacial score (nSPS) is 19.9. The molecule has 0 aromatic carbocycles. The molecule has 3 nitrogen and oxygen atoms in total. The molecule has 16 heavy (non-hydrogen) atoms. The van der Waals surface area contributed by atoms with Crippen LogP contribution in [0.1, 0.15) is 39.5 Å². The topological polar surface area (TPSA) is 35.5 Å². The first kappa shape index (κ1) is 13.9. The molecule has 0 aliphatic heterocycles. The van der Waals surface area contributed by atoms with E-state index in [2.05, 4.69) is 31.1 Å². The Morgan fingerprint density at radius 3 is 2.44 bits per heavy atom. The van der Waals surface area contributed by atoms with Crippen LogP contribution in [0.2, 0.25) is 0 Å². The van der Waals surface area contributed by atoms with Crippen molar-refractivity contribution in [3.63, 3.8) is 0 Å². The third-order valence-corrected chi connectivity index (χ3v) is 3.38. The summed E-state index contributed by atoms with van der Waals surface area (Å²) in [6.45, 7) is 6.88. The molecule has 1 aliphatic rings. The average molecular weight is 228 g/mol. The van der Waals surface area contributed by atoms with Gasteiger partial charge in [0, 0.05) is 19.1 Å². The van der Waals surface area contributed by atoms with Gasteiger partial charge in [-0.25, -0.2) is 0 Å². The molecular weight excluding hydrogens is 200 g/mol. The zero-order valence-electron chi connectivity index (χ0n) is 11.1. The van der Waals surface area contributed by atoms with Crippen molar-refractivity contribution < 1.29 is 5.11 Å². The molecular formula is C13H28N2O. The Labute approximate surface area is 100 Å². The van der Waals surface area contributed by atoms with Gasteiger partial charge >= 0.3 is 0 Å². The fourth-order valence-corrected chi connectivity index (χ4v) is 2.43. The van der Waals surface area contributed by atoms with Crippen LogP contribution in [0.5, 0.6) is 0 Å². The summed E-state index contributed by atoms with van der Waals surface area (Å²) in [6, 6.07) is 0.708. The van der Waals surface area contributed by atoms with Crippen LogP contribution in [0.3, 0.4) is 0 Å². The Hall–Kier alpha value is -0.120. The van der Waals surface area contributed by atoms with Crippen LogP contribution in [0.15, 0.2) is 0 Å². The molecule has 2 N–H and O–H groups in total. The summed E-state index contributed by atoms with van der Waals surface area (Å²) in [4.78, 5) is 2.33. The Morgan fingerprint density at radius 1 is 1.25 bits per heavy atom. The van der Waals surface area contributed by atoms with Crippen LogP contribution in [0, 0.1) is 5.92 Å². The van der Waals surface area contributed by atoms with Crippen molar-refractivity contribution in [3.8, 4) is 0 Å². The summed E-state index contributed by atoms with van der Waals surface area (Å²) in [5.41, 5.74) is 0. The van der Waals surface area contributed by atoms with Gasteiger partial charge in [0.05, 0.1) is 6.10 Å². The summed E-state index contributed by atoms with van der Waals surface area (Å²) in [7, 11) is 2.14. The van der Waals surface area contributed by atoms with Crippen LogP contribution >= 0.6 is 0 Å². The molecule has 0 spiro atoms. The van der Waals surface area contributed by atoms with E-state index in [4.69, 9.17) is 0 Å². The monoisotopic (exact) mass is 228 g/mol. The van der Waals surface area contributed by atoms with Gasteiger partial charge in [0.1, 0.15) is 0 Å². The summed E-state index contributed by atoms with van der Waals surface area (Å²) < 4.78 is 0. The van der Waals surface area contributed by atoms with Crippen LogP contribution in [0.25, 0.3) is 0 Å². The molecule has 0 radical (unpaired) electrons. The third kappa shape index (κ3) is 5.28. The number of rotatable bonds is 7. The minimum Gasteiger partial charge on any atom is -0.390 e. The van der Waals surface area contributed by atoms with E-state index >= 15 is 0 Å². The van der Waals surface area contributed by atoms with Gasteiger partial charge in [-0.3, -0.25) is 0 Å². The van der Waals surface area contributed by atoms with Crippen molar-refractivity contribution in [1.82, 2.24) is 10.2 Å². The number of hydrogen-bond donors (Lipinski definition) is 2. The second-order valence-electron chi connectivity index (χ2n) is 5.58. The van der Waals surface area contributed by atoms with Gasteiger partial charge in [0.25, 0.3) is 0 Å². The van der Waals surface area contributed by atoms with E-state index in [0.717, 1.165) is 19.6 Å². The average Bonchev–Trinajstić information content (AvgIpc) is 2.69. The van der Waals surface area contributed by atoms with Gasteiger partial charge in [-0.05, 0) is 32.4 Å². The summed E-state index contributed by atoms with van der Waals surface area (Å²) in [5.74, 6) is 0.653. The summed E-state index contributed by atoms with van der Waals surface area (Å²) >= 11 is 0. The van der Waals surface area contributed by atoms with Crippen molar-refractivity contribution in [1.29, 1.82) is 0 Å². The van der Waals surface area contributed by atoms with Gasteiger partial charge < -0.3 is 15.3 Å². The molecule has 1 aliphatic carbocycles. The minimum absolute atomic E-state index is 0.232. The first-order valence-electron chi connectivity index (χ1n) is 6.68. The van der Waals surface area contributed by atoms with E-state index in [-0.39, 0.29) is 6.10 Å². The van der Waals surface area contributed by atoms with Crippen molar-refractivity contribution in [2.75, 3.05) is 26.7 Å². The minimum atomic E-state index is -0.232. The molecule has 0 aromatic heterocycles.